The average molecular weight is 330 g/mol. The van der Waals surface area contributed by atoms with Gasteiger partial charge < -0.3 is 5.32 Å². The number of benzene rings is 1. The van der Waals surface area contributed by atoms with Gasteiger partial charge in [0, 0.05) is 17.2 Å². The Labute approximate surface area is 117 Å². The van der Waals surface area contributed by atoms with E-state index in [1.54, 1.807) is 43.3 Å². The molecular weight excluding hydrogens is 314 g/mol. The fraction of sp³-hybridized carbons (Fsp3) is 0.231. The van der Waals surface area contributed by atoms with E-state index in [9.17, 15) is 8.42 Å². The van der Waals surface area contributed by atoms with Crippen molar-refractivity contribution in [2.75, 3.05) is 6.54 Å². The molecule has 0 fully saturated rings. The highest BCUT2D eigenvalue weighted by Crippen LogP contribution is 2.21. The van der Waals surface area contributed by atoms with Gasteiger partial charge in [0.25, 0.3) is 0 Å². The molecule has 0 saturated carbocycles. The van der Waals surface area contributed by atoms with Gasteiger partial charge in [-0.05, 0) is 44.2 Å². The number of hydrogen-bond acceptors (Lipinski definition) is 3. The zero-order valence-corrected chi connectivity index (χ0v) is 12.8. The molecule has 1 N–H and O–H groups in total. The number of sulfone groups is 1. The Morgan fingerprint density at radius 3 is 2.44 bits per heavy atom. The molecule has 5 heteroatoms. The molecule has 1 aromatic rings. The molecule has 0 radical (unpaired) electrons. The Morgan fingerprint density at radius 2 is 1.94 bits per heavy atom. The van der Waals surface area contributed by atoms with Crippen molar-refractivity contribution in [3.8, 4) is 0 Å². The molecule has 0 aromatic heterocycles. The normalized spacial score (nSPS) is 12.9. The van der Waals surface area contributed by atoms with E-state index < -0.39 is 9.84 Å². The fourth-order valence-corrected chi connectivity index (χ4v) is 2.92. The van der Waals surface area contributed by atoms with Crippen molar-refractivity contribution in [3.05, 3.63) is 52.0 Å². The molecule has 0 spiro atoms. The van der Waals surface area contributed by atoms with E-state index >= 15 is 0 Å². The summed E-state index contributed by atoms with van der Waals surface area (Å²) in [5, 5.41) is 2.92. The Bertz CT molecular complexity index is 545. The first kappa shape index (κ1) is 15.0. The van der Waals surface area contributed by atoms with Crippen LogP contribution in [-0.2, 0) is 9.84 Å². The molecule has 18 heavy (non-hydrogen) atoms. The molecule has 0 saturated heterocycles. The minimum Gasteiger partial charge on any atom is -0.390 e. The summed E-state index contributed by atoms with van der Waals surface area (Å²) < 4.78 is 25.6. The molecule has 0 aliphatic carbocycles. The van der Waals surface area contributed by atoms with Gasteiger partial charge in [-0.2, -0.15) is 0 Å². The lowest BCUT2D eigenvalue weighted by Gasteiger charge is -2.06. The SMILES string of the molecule is C/C=C\C(=C/NCC)S(=O)(=O)c1ccc(Br)cc1. The molecule has 3 nitrogen and oxygen atoms in total. The van der Waals surface area contributed by atoms with E-state index in [0.717, 1.165) is 4.47 Å². The predicted octanol–water partition coefficient (Wildman–Crippen LogP) is 3.25. The standard InChI is InChI=1S/C13H16BrNO2S/c1-3-5-13(10-15-4-2)18(16,17)12-8-6-11(14)7-9-12/h3,5-10,15H,4H2,1-2H3/b5-3-,13-10+. The summed E-state index contributed by atoms with van der Waals surface area (Å²) in [4.78, 5) is 0.544. The third kappa shape index (κ3) is 3.71. The van der Waals surface area contributed by atoms with Crippen LogP contribution in [0.15, 0.2) is 56.9 Å². The summed E-state index contributed by atoms with van der Waals surface area (Å²) in [5.41, 5.74) is 0. The van der Waals surface area contributed by atoms with Crippen molar-refractivity contribution < 1.29 is 8.42 Å². The third-order valence-electron chi connectivity index (χ3n) is 2.21. The van der Waals surface area contributed by atoms with Gasteiger partial charge in [0.2, 0.25) is 9.84 Å². The maximum absolute atomic E-state index is 12.4. The lowest BCUT2D eigenvalue weighted by atomic mass is 10.4. The molecule has 0 amide bonds. The highest BCUT2D eigenvalue weighted by atomic mass is 79.9. The first-order valence-electron chi connectivity index (χ1n) is 5.59. The van der Waals surface area contributed by atoms with Crippen LogP contribution in [0.4, 0.5) is 0 Å². The van der Waals surface area contributed by atoms with Crippen molar-refractivity contribution in [3.63, 3.8) is 0 Å². The molecule has 0 aliphatic rings. The predicted molar refractivity (Wildman–Crippen MR) is 77.9 cm³/mol. The van der Waals surface area contributed by atoms with Crippen molar-refractivity contribution in [2.45, 2.75) is 18.7 Å². The topological polar surface area (TPSA) is 46.2 Å². The summed E-state index contributed by atoms with van der Waals surface area (Å²) in [6.45, 7) is 4.38. The minimum atomic E-state index is -3.46. The van der Waals surface area contributed by atoms with Gasteiger partial charge in [0.1, 0.15) is 0 Å². The van der Waals surface area contributed by atoms with E-state index in [1.165, 1.54) is 6.20 Å². The van der Waals surface area contributed by atoms with E-state index in [2.05, 4.69) is 21.2 Å². The third-order valence-corrected chi connectivity index (χ3v) is 4.51. The number of nitrogens with one attached hydrogen (secondary N) is 1. The van der Waals surface area contributed by atoms with Crippen molar-refractivity contribution in [1.82, 2.24) is 5.32 Å². The molecule has 0 bridgehead atoms. The lowest BCUT2D eigenvalue weighted by Crippen LogP contribution is -2.10. The van der Waals surface area contributed by atoms with E-state index in [-0.39, 0.29) is 9.80 Å². The molecule has 0 unspecified atom stereocenters. The molecular formula is C13H16BrNO2S. The smallest absolute Gasteiger partial charge is 0.208 e. The van der Waals surface area contributed by atoms with Crippen LogP contribution in [0.3, 0.4) is 0 Å². The Morgan fingerprint density at radius 1 is 1.33 bits per heavy atom. The number of hydrogen-bond donors (Lipinski definition) is 1. The minimum absolute atomic E-state index is 0.258. The maximum atomic E-state index is 12.4. The first-order chi connectivity index (χ1) is 8.52. The first-order valence-corrected chi connectivity index (χ1v) is 7.87. The zero-order chi connectivity index (χ0) is 13.6. The Hall–Kier alpha value is -1.07. The van der Waals surface area contributed by atoms with Gasteiger partial charge in [0.15, 0.2) is 0 Å². The molecule has 98 valence electrons. The van der Waals surface area contributed by atoms with Crippen LogP contribution in [0, 0.1) is 0 Å². The van der Waals surface area contributed by atoms with Gasteiger partial charge in [-0.3, -0.25) is 0 Å². The highest BCUT2D eigenvalue weighted by Gasteiger charge is 2.18. The van der Waals surface area contributed by atoms with Gasteiger partial charge in [-0.1, -0.05) is 22.0 Å². The zero-order valence-electron chi connectivity index (χ0n) is 10.4. The second-order valence-electron chi connectivity index (χ2n) is 3.56. The van der Waals surface area contributed by atoms with E-state index in [1.807, 2.05) is 6.92 Å². The second-order valence-corrected chi connectivity index (χ2v) is 6.43. The molecule has 0 atom stereocenters. The summed E-state index contributed by atoms with van der Waals surface area (Å²) in [7, 11) is -3.46. The fourth-order valence-electron chi connectivity index (χ4n) is 1.33. The van der Waals surface area contributed by atoms with Gasteiger partial charge in [-0.15, -0.1) is 0 Å². The van der Waals surface area contributed by atoms with Crippen LogP contribution in [0.2, 0.25) is 0 Å². The van der Waals surface area contributed by atoms with Crippen LogP contribution >= 0.6 is 15.9 Å². The molecule has 0 aliphatic heterocycles. The van der Waals surface area contributed by atoms with Gasteiger partial charge >= 0.3 is 0 Å². The number of halogens is 1. The van der Waals surface area contributed by atoms with Gasteiger partial charge in [0.05, 0.1) is 9.80 Å². The van der Waals surface area contributed by atoms with Crippen molar-refractivity contribution >= 4 is 25.8 Å². The molecule has 0 heterocycles. The van der Waals surface area contributed by atoms with Crippen molar-refractivity contribution in [2.24, 2.45) is 0 Å². The van der Waals surface area contributed by atoms with E-state index in [0.29, 0.717) is 6.54 Å². The number of allylic oxidation sites excluding steroid dienone is 2. The monoisotopic (exact) mass is 329 g/mol. The number of rotatable bonds is 5. The van der Waals surface area contributed by atoms with Crippen LogP contribution in [0.5, 0.6) is 0 Å². The summed E-state index contributed by atoms with van der Waals surface area (Å²) in [6, 6.07) is 6.60. The summed E-state index contributed by atoms with van der Waals surface area (Å²) >= 11 is 3.29. The lowest BCUT2D eigenvalue weighted by molar-refractivity contribution is 0.602. The maximum Gasteiger partial charge on any atom is 0.208 e. The van der Waals surface area contributed by atoms with Crippen LogP contribution in [0.1, 0.15) is 13.8 Å². The quantitative estimate of drug-likeness (QED) is 0.843. The largest absolute Gasteiger partial charge is 0.390 e. The summed E-state index contributed by atoms with van der Waals surface area (Å²) in [5.74, 6) is 0. The summed E-state index contributed by atoms with van der Waals surface area (Å²) in [6.07, 6.45) is 4.82. The van der Waals surface area contributed by atoms with Crippen LogP contribution in [-0.4, -0.2) is 15.0 Å². The van der Waals surface area contributed by atoms with E-state index in [4.69, 9.17) is 0 Å². The Balaban J connectivity index is 3.21. The van der Waals surface area contributed by atoms with Crippen LogP contribution in [0.25, 0.3) is 0 Å². The second kappa shape index (κ2) is 6.75. The Kier molecular flexibility index (Phi) is 5.62. The van der Waals surface area contributed by atoms with Gasteiger partial charge in [-0.25, -0.2) is 8.42 Å². The van der Waals surface area contributed by atoms with Crippen LogP contribution < -0.4 is 5.32 Å². The highest BCUT2D eigenvalue weighted by molar-refractivity contribution is 9.10. The van der Waals surface area contributed by atoms with Crippen molar-refractivity contribution in [1.29, 1.82) is 0 Å². The molecule has 1 rings (SSSR count). The molecule has 1 aromatic carbocycles. The average Bonchev–Trinajstić information content (AvgIpc) is 2.35.